The van der Waals surface area contributed by atoms with E-state index in [4.69, 9.17) is 11.6 Å². The van der Waals surface area contributed by atoms with E-state index in [1.807, 2.05) is 12.1 Å². The number of hydrogen-bond acceptors (Lipinski definition) is 2. The van der Waals surface area contributed by atoms with Gasteiger partial charge in [0.15, 0.2) is 0 Å². The smallest absolute Gasteiger partial charge is 0.0668 e. The predicted molar refractivity (Wildman–Crippen MR) is 83.0 cm³/mol. The summed E-state index contributed by atoms with van der Waals surface area (Å²) < 4.78 is 12.7. The molecule has 1 aliphatic rings. The molecular formula is C16H20ClNOS. The molecule has 0 heterocycles. The van der Waals surface area contributed by atoms with Gasteiger partial charge in [0.25, 0.3) is 0 Å². The molecule has 0 amide bonds. The Bertz CT molecular complexity index is 508. The van der Waals surface area contributed by atoms with Crippen LogP contribution in [0.1, 0.15) is 39.0 Å². The number of hydrogen-bond donors (Lipinski definition) is 0. The van der Waals surface area contributed by atoms with E-state index in [0.29, 0.717) is 10.9 Å². The van der Waals surface area contributed by atoms with E-state index in [-0.39, 0.29) is 11.2 Å². The number of rotatable bonds is 4. The molecular weight excluding hydrogens is 290 g/mol. The quantitative estimate of drug-likeness (QED) is 0.818. The SMILES string of the molecule is CCCC1CCC(C#N)C(S(=O)c2ccc(Cl)cc2)C1. The minimum atomic E-state index is -1.11. The second-order valence-electron chi connectivity index (χ2n) is 5.49. The van der Waals surface area contributed by atoms with Crippen molar-refractivity contribution in [3.8, 4) is 6.07 Å². The van der Waals surface area contributed by atoms with E-state index in [1.165, 1.54) is 6.42 Å². The average Bonchev–Trinajstić information content (AvgIpc) is 2.47. The molecule has 2 rings (SSSR count). The lowest BCUT2D eigenvalue weighted by molar-refractivity contribution is 0.303. The molecule has 0 N–H and O–H groups in total. The second kappa shape index (κ2) is 7.24. The Hall–Kier alpha value is -0.850. The third kappa shape index (κ3) is 3.62. The van der Waals surface area contributed by atoms with Gasteiger partial charge >= 0.3 is 0 Å². The van der Waals surface area contributed by atoms with E-state index in [9.17, 15) is 9.47 Å². The topological polar surface area (TPSA) is 40.9 Å². The van der Waals surface area contributed by atoms with E-state index in [2.05, 4.69) is 13.0 Å². The first-order chi connectivity index (χ1) is 9.65. The molecule has 1 aromatic rings. The minimum absolute atomic E-state index is 0.0357. The Kier molecular flexibility index (Phi) is 5.63. The lowest BCUT2D eigenvalue weighted by atomic mass is 9.80. The van der Waals surface area contributed by atoms with Gasteiger partial charge in [-0.25, -0.2) is 0 Å². The van der Waals surface area contributed by atoms with Gasteiger partial charge in [0.2, 0.25) is 0 Å². The van der Waals surface area contributed by atoms with Crippen LogP contribution >= 0.6 is 11.6 Å². The normalized spacial score (nSPS) is 27.8. The first-order valence-corrected chi connectivity index (χ1v) is 8.80. The van der Waals surface area contributed by atoms with Crippen molar-refractivity contribution in [2.24, 2.45) is 11.8 Å². The predicted octanol–water partition coefficient (Wildman–Crippen LogP) is 4.56. The summed E-state index contributed by atoms with van der Waals surface area (Å²) in [5, 5.41) is 9.92. The molecule has 1 aromatic carbocycles. The first kappa shape index (κ1) is 15.5. The zero-order valence-electron chi connectivity index (χ0n) is 11.7. The van der Waals surface area contributed by atoms with Gasteiger partial charge in [0.1, 0.15) is 0 Å². The molecule has 4 heteroatoms. The summed E-state index contributed by atoms with van der Waals surface area (Å²) in [4.78, 5) is 0.789. The first-order valence-electron chi connectivity index (χ1n) is 7.21. The molecule has 4 unspecified atom stereocenters. The van der Waals surface area contributed by atoms with Crippen LogP contribution in [0.15, 0.2) is 29.2 Å². The molecule has 0 radical (unpaired) electrons. The molecule has 108 valence electrons. The van der Waals surface area contributed by atoms with E-state index < -0.39 is 10.8 Å². The molecule has 0 saturated heterocycles. The van der Waals surface area contributed by atoms with Crippen LogP contribution in [-0.4, -0.2) is 9.46 Å². The molecule has 0 bridgehead atoms. The van der Waals surface area contributed by atoms with Crippen LogP contribution < -0.4 is 0 Å². The van der Waals surface area contributed by atoms with Gasteiger partial charge in [0.05, 0.1) is 28.0 Å². The molecule has 4 atom stereocenters. The highest BCUT2D eigenvalue weighted by Crippen LogP contribution is 2.36. The van der Waals surface area contributed by atoms with Gasteiger partial charge in [-0.15, -0.1) is 0 Å². The number of nitrogens with zero attached hydrogens (tertiary/aromatic N) is 1. The van der Waals surface area contributed by atoms with Crippen molar-refractivity contribution >= 4 is 22.4 Å². The fourth-order valence-electron chi connectivity index (χ4n) is 3.01. The summed E-state index contributed by atoms with van der Waals surface area (Å²) in [6.45, 7) is 2.18. The van der Waals surface area contributed by atoms with Crippen molar-refractivity contribution in [3.63, 3.8) is 0 Å². The number of nitriles is 1. The zero-order chi connectivity index (χ0) is 14.5. The molecule has 0 spiro atoms. The van der Waals surface area contributed by atoms with Gasteiger partial charge in [-0.1, -0.05) is 31.4 Å². The molecule has 1 fully saturated rings. The third-order valence-corrected chi connectivity index (χ3v) is 6.14. The highest BCUT2D eigenvalue weighted by Gasteiger charge is 2.34. The Balaban J connectivity index is 2.16. The zero-order valence-corrected chi connectivity index (χ0v) is 13.3. The molecule has 0 aliphatic heterocycles. The van der Waals surface area contributed by atoms with Gasteiger partial charge in [-0.05, 0) is 49.4 Å². The summed E-state index contributed by atoms with van der Waals surface area (Å²) in [5.74, 6) is 0.533. The van der Waals surface area contributed by atoms with Crippen molar-refractivity contribution < 1.29 is 4.21 Å². The molecule has 1 aliphatic carbocycles. The molecule has 1 saturated carbocycles. The van der Waals surface area contributed by atoms with Crippen molar-refractivity contribution in [1.29, 1.82) is 5.26 Å². The highest BCUT2D eigenvalue weighted by atomic mass is 35.5. The average molecular weight is 310 g/mol. The van der Waals surface area contributed by atoms with Gasteiger partial charge in [-0.2, -0.15) is 5.26 Å². The number of halogens is 1. The Morgan fingerprint density at radius 1 is 1.35 bits per heavy atom. The van der Waals surface area contributed by atoms with Crippen molar-refractivity contribution in [2.75, 3.05) is 0 Å². The fourth-order valence-corrected chi connectivity index (χ4v) is 4.83. The maximum absolute atomic E-state index is 12.7. The van der Waals surface area contributed by atoms with E-state index in [1.54, 1.807) is 12.1 Å². The minimum Gasteiger partial charge on any atom is -0.254 e. The van der Waals surface area contributed by atoms with Crippen LogP contribution in [0.3, 0.4) is 0 Å². The molecule has 20 heavy (non-hydrogen) atoms. The fraction of sp³-hybridized carbons (Fsp3) is 0.562. The summed E-state index contributed by atoms with van der Waals surface area (Å²) in [6, 6.07) is 9.52. The molecule has 2 nitrogen and oxygen atoms in total. The lowest BCUT2D eigenvalue weighted by Gasteiger charge is -2.32. The van der Waals surface area contributed by atoms with E-state index >= 15 is 0 Å². The van der Waals surface area contributed by atoms with Gasteiger partial charge < -0.3 is 0 Å². The van der Waals surface area contributed by atoms with Crippen LogP contribution in [0.4, 0.5) is 0 Å². The van der Waals surface area contributed by atoms with Gasteiger partial charge in [0, 0.05) is 9.92 Å². The lowest BCUT2D eigenvalue weighted by Crippen LogP contribution is -2.32. The maximum Gasteiger partial charge on any atom is 0.0668 e. The second-order valence-corrected chi connectivity index (χ2v) is 7.60. The van der Waals surface area contributed by atoms with E-state index in [0.717, 1.165) is 30.6 Å². The van der Waals surface area contributed by atoms with Crippen molar-refractivity contribution in [2.45, 2.75) is 49.2 Å². The Morgan fingerprint density at radius 2 is 2.05 bits per heavy atom. The summed E-state index contributed by atoms with van der Waals surface area (Å²) in [7, 11) is -1.11. The van der Waals surface area contributed by atoms with Crippen LogP contribution in [0.25, 0.3) is 0 Å². The third-order valence-electron chi connectivity index (χ3n) is 4.08. The highest BCUT2D eigenvalue weighted by molar-refractivity contribution is 7.85. The van der Waals surface area contributed by atoms with Crippen LogP contribution in [0, 0.1) is 23.2 Å². The van der Waals surface area contributed by atoms with Crippen LogP contribution in [0.5, 0.6) is 0 Å². The van der Waals surface area contributed by atoms with Crippen molar-refractivity contribution in [1.82, 2.24) is 0 Å². The largest absolute Gasteiger partial charge is 0.254 e. The van der Waals surface area contributed by atoms with Crippen LogP contribution in [0.2, 0.25) is 5.02 Å². The summed E-state index contributed by atoms with van der Waals surface area (Å²) in [6.07, 6.45) is 5.21. The van der Waals surface area contributed by atoms with Crippen molar-refractivity contribution in [3.05, 3.63) is 29.3 Å². The standard InChI is InChI=1S/C16H20ClNOS/c1-2-3-12-4-5-13(11-18)16(10-12)20(19)15-8-6-14(17)7-9-15/h6-9,12-13,16H,2-5,10H2,1H3. The summed E-state index contributed by atoms with van der Waals surface area (Å²) in [5.41, 5.74) is 0. The van der Waals surface area contributed by atoms with Crippen LogP contribution in [-0.2, 0) is 10.8 Å². The Morgan fingerprint density at radius 3 is 2.65 bits per heavy atom. The van der Waals surface area contributed by atoms with Gasteiger partial charge in [-0.3, -0.25) is 4.21 Å². The Labute approximate surface area is 128 Å². The number of benzene rings is 1. The molecule has 0 aromatic heterocycles. The monoisotopic (exact) mass is 309 g/mol. The summed E-state index contributed by atoms with van der Waals surface area (Å²) >= 11 is 5.87. The maximum atomic E-state index is 12.7.